The topological polar surface area (TPSA) is 49.3 Å². The number of thioether (sulfide) groups is 1. The average Bonchev–Trinajstić information content (AvgIpc) is 2.64. The Morgan fingerprint density at radius 1 is 1.24 bits per heavy atom. The lowest BCUT2D eigenvalue weighted by atomic mass is 9.73. The SMILES string of the molecule is CCCCN1CC2(CCCN(Cc3cnc(SC)nc3)C2)CCC1=O. The molecule has 1 aromatic heterocycles. The summed E-state index contributed by atoms with van der Waals surface area (Å²) in [6, 6.07) is 0. The van der Waals surface area contributed by atoms with E-state index in [2.05, 4.69) is 26.7 Å². The van der Waals surface area contributed by atoms with Gasteiger partial charge < -0.3 is 4.90 Å². The van der Waals surface area contributed by atoms with E-state index in [1.165, 1.54) is 18.4 Å². The molecule has 0 radical (unpaired) electrons. The van der Waals surface area contributed by atoms with Gasteiger partial charge in [0.05, 0.1) is 0 Å². The Kier molecular flexibility index (Phi) is 6.34. The van der Waals surface area contributed by atoms with Crippen molar-refractivity contribution in [3.8, 4) is 0 Å². The van der Waals surface area contributed by atoms with Gasteiger partial charge in [-0.3, -0.25) is 9.69 Å². The maximum Gasteiger partial charge on any atom is 0.222 e. The van der Waals surface area contributed by atoms with Crippen molar-refractivity contribution in [1.29, 1.82) is 0 Å². The van der Waals surface area contributed by atoms with Crippen LogP contribution < -0.4 is 0 Å². The van der Waals surface area contributed by atoms with E-state index in [0.29, 0.717) is 11.3 Å². The standard InChI is InChI=1S/C19H30N4OS/c1-3-4-10-23-15-19(8-6-17(23)24)7-5-9-22(14-19)13-16-11-20-18(25-2)21-12-16/h11-12H,3-10,13-15H2,1-2H3. The predicted molar refractivity (Wildman–Crippen MR) is 101 cm³/mol. The average molecular weight is 363 g/mol. The van der Waals surface area contributed by atoms with Gasteiger partial charge in [0, 0.05) is 56.0 Å². The summed E-state index contributed by atoms with van der Waals surface area (Å²) >= 11 is 1.57. The summed E-state index contributed by atoms with van der Waals surface area (Å²) in [5, 5.41) is 0.830. The van der Waals surface area contributed by atoms with Gasteiger partial charge in [-0.1, -0.05) is 25.1 Å². The van der Waals surface area contributed by atoms with E-state index in [9.17, 15) is 4.79 Å². The Morgan fingerprint density at radius 3 is 2.76 bits per heavy atom. The first-order valence-electron chi connectivity index (χ1n) is 9.49. The van der Waals surface area contributed by atoms with E-state index in [1.807, 2.05) is 18.6 Å². The summed E-state index contributed by atoms with van der Waals surface area (Å²) in [6.07, 6.45) is 12.4. The summed E-state index contributed by atoms with van der Waals surface area (Å²) in [6.45, 7) is 7.21. The molecule has 1 atom stereocenters. The van der Waals surface area contributed by atoms with E-state index in [1.54, 1.807) is 11.8 Å². The minimum atomic E-state index is 0.292. The number of nitrogens with zero attached hydrogens (tertiary/aromatic N) is 4. The minimum absolute atomic E-state index is 0.292. The first-order chi connectivity index (χ1) is 12.1. The number of likely N-dealkylation sites (tertiary alicyclic amines) is 2. The van der Waals surface area contributed by atoms with Gasteiger partial charge in [0.25, 0.3) is 0 Å². The van der Waals surface area contributed by atoms with Gasteiger partial charge in [-0.25, -0.2) is 9.97 Å². The van der Waals surface area contributed by atoms with Gasteiger partial charge >= 0.3 is 0 Å². The molecule has 0 saturated carbocycles. The van der Waals surface area contributed by atoms with Crippen molar-refractivity contribution < 1.29 is 4.79 Å². The van der Waals surface area contributed by atoms with Gasteiger partial charge in [0.1, 0.15) is 0 Å². The number of hydrogen-bond donors (Lipinski definition) is 0. The van der Waals surface area contributed by atoms with Gasteiger partial charge in [-0.2, -0.15) is 0 Å². The maximum atomic E-state index is 12.3. The molecule has 2 aliphatic rings. The fraction of sp³-hybridized carbons (Fsp3) is 0.737. The molecule has 1 unspecified atom stereocenters. The van der Waals surface area contributed by atoms with Crippen molar-refractivity contribution in [1.82, 2.24) is 19.8 Å². The molecule has 5 nitrogen and oxygen atoms in total. The zero-order valence-electron chi connectivity index (χ0n) is 15.5. The monoisotopic (exact) mass is 362 g/mol. The van der Waals surface area contributed by atoms with E-state index in [4.69, 9.17) is 0 Å². The summed E-state index contributed by atoms with van der Waals surface area (Å²) < 4.78 is 0. The Hall–Kier alpha value is -1.14. The van der Waals surface area contributed by atoms with E-state index < -0.39 is 0 Å². The second-order valence-corrected chi connectivity index (χ2v) is 8.33. The molecule has 2 saturated heterocycles. The molecule has 0 bridgehead atoms. The quantitative estimate of drug-likeness (QED) is 0.574. The third-order valence-corrected chi connectivity index (χ3v) is 6.12. The lowest BCUT2D eigenvalue weighted by molar-refractivity contribution is -0.139. The van der Waals surface area contributed by atoms with E-state index >= 15 is 0 Å². The van der Waals surface area contributed by atoms with Crippen LogP contribution in [0.15, 0.2) is 17.6 Å². The van der Waals surface area contributed by atoms with Crippen LogP contribution in [0.4, 0.5) is 0 Å². The second-order valence-electron chi connectivity index (χ2n) is 7.56. The maximum absolute atomic E-state index is 12.3. The molecule has 0 aliphatic carbocycles. The van der Waals surface area contributed by atoms with Crippen LogP contribution in [-0.4, -0.2) is 58.1 Å². The zero-order chi connectivity index (χ0) is 17.7. The fourth-order valence-electron chi connectivity index (χ4n) is 4.22. The fourth-order valence-corrected chi connectivity index (χ4v) is 4.54. The molecule has 0 N–H and O–H groups in total. The van der Waals surface area contributed by atoms with Crippen LogP contribution in [0, 0.1) is 5.41 Å². The number of hydrogen-bond acceptors (Lipinski definition) is 5. The first-order valence-corrected chi connectivity index (χ1v) is 10.7. The smallest absolute Gasteiger partial charge is 0.222 e. The van der Waals surface area contributed by atoms with Crippen molar-refractivity contribution >= 4 is 17.7 Å². The Balaban J connectivity index is 1.62. The normalized spacial score (nSPS) is 24.9. The number of piperidine rings is 2. The van der Waals surface area contributed by atoms with Gasteiger partial charge in [-0.15, -0.1) is 0 Å². The highest BCUT2D eigenvalue weighted by Gasteiger charge is 2.41. The number of carbonyl (C=O) groups excluding carboxylic acids is 1. The van der Waals surface area contributed by atoms with Crippen LogP contribution in [-0.2, 0) is 11.3 Å². The zero-order valence-corrected chi connectivity index (χ0v) is 16.4. The van der Waals surface area contributed by atoms with Crippen LogP contribution in [0.2, 0.25) is 0 Å². The highest BCUT2D eigenvalue weighted by Crippen LogP contribution is 2.39. The van der Waals surface area contributed by atoms with Crippen LogP contribution in [0.5, 0.6) is 0 Å². The predicted octanol–water partition coefficient (Wildman–Crippen LogP) is 3.20. The van der Waals surface area contributed by atoms with Crippen LogP contribution in [0.3, 0.4) is 0 Å². The molecule has 2 aliphatic heterocycles. The second kappa shape index (κ2) is 8.49. The van der Waals surface area contributed by atoms with E-state index in [-0.39, 0.29) is 0 Å². The number of rotatable bonds is 6. The van der Waals surface area contributed by atoms with Crippen LogP contribution in [0.25, 0.3) is 0 Å². The first kappa shape index (κ1) is 18.6. The largest absolute Gasteiger partial charge is 0.342 e. The summed E-state index contributed by atoms with van der Waals surface area (Å²) in [5.41, 5.74) is 1.48. The van der Waals surface area contributed by atoms with Crippen molar-refractivity contribution in [2.75, 3.05) is 32.4 Å². The molecule has 25 heavy (non-hydrogen) atoms. The third-order valence-electron chi connectivity index (χ3n) is 5.54. The van der Waals surface area contributed by atoms with Crippen molar-refractivity contribution in [2.24, 2.45) is 5.41 Å². The van der Waals surface area contributed by atoms with Crippen molar-refractivity contribution in [2.45, 2.75) is 57.1 Å². The minimum Gasteiger partial charge on any atom is -0.342 e. The Bertz CT molecular complexity index is 579. The lowest BCUT2D eigenvalue weighted by Gasteiger charge is -2.48. The molecule has 6 heteroatoms. The van der Waals surface area contributed by atoms with Crippen molar-refractivity contribution in [3.05, 3.63) is 18.0 Å². The highest BCUT2D eigenvalue weighted by molar-refractivity contribution is 7.98. The number of amides is 1. The molecular formula is C19H30N4OS. The Labute approximate surface area is 155 Å². The van der Waals surface area contributed by atoms with Crippen LogP contribution >= 0.6 is 11.8 Å². The molecule has 2 fully saturated rings. The third kappa shape index (κ3) is 4.73. The molecule has 0 aromatic carbocycles. The van der Waals surface area contributed by atoms with E-state index in [0.717, 1.165) is 63.6 Å². The van der Waals surface area contributed by atoms with Gasteiger partial charge in [-0.05, 0) is 38.5 Å². The van der Waals surface area contributed by atoms with Crippen molar-refractivity contribution in [3.63, 3.8) is 0 Å². The molecule has 1 spiro atoms. The number of carbonyl (C=O) groups is 1. The highest BCUT2D eigenvalue weighted by atomic mass is 32.2. The lowest BCUT2D eigenvalue weighted by Crippen LogP contribution is -2.53. The number of aromatic nitrogens is 2. The molecule has 138 valence electrons. The molecule has 1 amide bonds. The summed E-state index contributed by atoms with van der Waals surface area (Å²) in [4.78, 5) is 25.7. The molecule has 3 heterocycles. The summed E-state index contributed by atoms with van der Waals surface area (Å²) in [7, 11) is 0. The van der Waals surface area contributed by atoms with Gasteiger partial charge in [0.15, 0.2) is 5.16 Å². The number of unbranched alkanes of at least 4 members (excludes halogenated alkanes) is 1. The molecule has 1 aromatic rings. The molecular weight excluding hydrogens is 332 g/mol. The molecule has 3 rings (SSSR count). The van der Waals surface area contributed by atoms with Crippen LogP contribution in [0.1, 0.15) is 51.0 Å². The van der Waals surface area contributed by atoms with Gasteiger partial charge in [0.2, 0.25) is 5.91 Å². The Morgan fingerprint density at radius 2 is 2.04 bits per heavy atom. The summed E-state index contributed by atoms with van der Waals surface area (Å²) in [5.74, 6) is 0.359.